The van der Waals surface area contributed by atoms with E-state index in [2.05, 4.69) is 27.3 Å². The Morgan fingerprint density at radius 3 is 2.74 bits per heavy atom. The van der Waals surface area contributed by atoms with Gasteiger partial charge in [-0.05, 0) is 30.7 Å². The van der Waals surface area contributed by atoms with Crippen molar-refractivity contribution in [3.05, 3.63) is 42.5 Å². The number of rotatable bonds is 3. The molecule has 8 nitrogen and oxygen atoms in total. The molecular formula is C19H21N5O3. The van der Waals surface area contributed by atoms with E-state index in [1.165, 1.54) is 10.9 Å². The molecular weight excluding hydrogens is 346 g/mol. The number of imidazole rings is 1. The first kappa shape index (κ1) is 16.2. The fraction of sp³-hybridized carbons (Fsp3) is 0.421. The molecule has 8 heteroatoms. The van der Waals surface area contributed by atoms with E-state index < -0.39 is 6.04 Å². The monoisotopic (exact) mass is 367 g/mol. The number of nitrogens with one attached hydrogen (secondary N) is 1. The molecule has 2 bridgehead atoms. The Labute approximate surface area is 156 Å². The van der Waals surface area contributed by atoms with E-state index in [-0.39, 0.29) is 18.0 Å². The van der Waals surface area contributed by atoms with Gasteiger partial charge in [0.2, 0.25) is 5.91 Å². The third-order valence-corrected chi connectivity index (χ3v) is 5.87. The van der Waals surface area contributed by atoms with Gasteiger partial charge in [-0.2, -0.15) is 0 Å². The molecule has 2 fully saturated rings. The van der Waals surface area contributed by atoms with Crippen LogP contribution in [0.2, 0.25) is 0 Å². The van der Waals surface area contributed by atoms with Crippen molar-refractivity contribution < 1.29 is 14.3 Å². The number of piperazine rings is 1. The topological polar surface area (TPSA) is 79.7 Å². The summed E-state index contributed by atoms with van der Waals surface area (Å²) in [5, 5.41) is 2.82. The maximum Gasteiger partial charge on any atom is 0.327 e. The number of likely N-dealkylation sites (tertiary alicyclic amines) is 1. The number of carbonyl (C=O) groups excluding carboxylic acids is 2. The van der Waals surface area contributed by atoms with E-state index >= 15 is 0 Å². The van der Waals surface area contributed by atoms with E-state index in [4.69, 9.17) is 4.74 Å². The summed E-state index contributed by atoms with van der Waals surface area (Å²) in [6, 6.07) is 7.77. The number of amides is 2. The lowest BCUT2D eigenvalue weighted by atomic mass is 10.1. The molecule has 2 aromatic rings. The van der Waals surface area contributed by atoms with E-state index in [1.54, 1.807) is 13.3 Å². The summed E-state index contributed by atoms with van der Waals surface area (Å²) in [6.45, 7) is 1.52. The summed E-state index contributed by atoms with van der Waals surface area (Å²) in [6.07, 6.45) is 4.59. The van der Waals surface area contributed by atoms with E-state index in [0.29, 0.717) is 19.0 Å². The van der Waals surface area contributed by atoms with Gasteiger partial charge in [-0.15, -0.1) is 0 Å². The minimum absolute atomic E-state index is 0.0117. The van der Waals surface area contributed by atoms with Crippen LogP contribution in [-0.4, -0.2) is 64.7 Å². The molecule has 1 N–H and O–H groups in total. The average molecular weight is 367 g/mol. The molecule has 3 aliphatic rings. The molecule has 5 rings (SSSR count). The second-order valence-corrected chi connectivity index (χ2v) is 7.35. The highest BCUT2D eigenvalue weighted by atomic mass is 16.5. The van der Waals surface area contributed by atoms with Crippen molar-refractivity contribution in [1.82, 2.24) is 19.8 Å². The van der Waals surface area contributed by atoms with Gasteiger partial charge >= 0.3 is 6.03 Å². The smallest absolute Gasteiger partial charge is 0.327 e. The van der Waals surface area contributed by atoms with Crippen LogP contribution >= 0.6 is 0 Å². The molecule has 1 aromatic carbocycles. The minimum atomic E-state index is -0.504. The van der Waals surface area contributed by atoms with Crippen molar-refractivity contribution in [2.45, 2.75) is 31.0 Å². The zero-order valence-corrected chi connectivity index (χ0v) is 15.0. The molecule has 3 atom stereocenters. The molecule has 0 saturated carbocycles. The Bertz CT molecular complexity index is 893. The molecule has 0 radical (unpaired) electrons. The van der Waals surface area contributed by atoms with Crippen LogP contribution < -0.4 is 15.0 Å². The lowest BCUT2D eigenvalue weighted by Crippen LogP contribution is -2.57. The number of hydrogen-bond acceptors (Lipinski definition) is 5. The standard InChI is InChI=1S/C19H21N5O3/c1-27-16-4-2-12(3-5-16)22-9-15-6-14(22)10-23(15)18(25)17-7-13-8-20-11-24(13)19(26)21-17/h2-5,8,11,14-15,17H,6-7,9-10H2,1H3,(H,21,26)/t14-,15-,17+/m1/s1. The fourth-order valence-corrected chi connectivity index (χ4v) is 4.51. The van der Waals surface area contributed by atoms with Gasteiger partial charge in [0.1, 0.15) is 18.1 Å². The summed E-state index contributed by atoms with van der Waals surface area (Å²) in [7, 11) is 1.66. The Hall–Kier alpha value is -3.03. The summed E-state index contributed by atoms with van der Waals surface area (Å²) >= 11 is 0. The molecule has 0 aliphatic carbocycles. The number of nitrogens with zero attached hydrogens (tertiary/aromatic N) is 4. The summed E-state index contributed by atoms with van der Waals surface area (Å²) in [4.78, 5) is 33.5. The SMILES string of the molecule is COc1ccc(N2C[C@H]3C[C@@H]2CN3C(=O)[C@@H]2Cc3cncn3C(=O)N2)cc1. The third-order valence-electron chi connectivity index (χ3n) is 5.87. The quantitative estimate of drug-likeness (QED) is 0.871. The van der Waals surface area contributed by atoms with Crippen molar-refractivity contribution in [2.24, 2.45) is 0 Å². The van der Waals surface area contributed by atoms with Gasteiger partial charge in [-0.25, -0.2) is 9.78 Å². The number of methoxy groups -OCH3 is 1. The van der Waals surface area contributed by atoms with Crippen LogP contribution in [0, 0.1) is 0 Å². The van der Waals surface area contributed by atoms with Gasteiger partial charge in [0.15, 0.2) is 0 Å². The van der Waals surface area contributed by atoms with Gasteiger partial charge in [0, 0.05) is 43.1 Å². The zero-order valence-electron chi connectivity index (χ0n) is 15.0. The number of ether oxygens (including phenoxy) is 1. The number of hydrogen-bond donors (Lipinski definition) is 1. The van der Waals surface area contributed by atoms with E-state index in [9.17, 15) is 9.59 Å². The molecule has 140 valence electrons. The third kappa shape index (κ3) is 2.55. The second-order valence-electron chi connectivity index (χ2n) is 7.35. The Morgan fingerprint density at radius 2 is 2.04 bits per heavy atom. The van der Waals surface area contributed by atoms with Crippen molar-refractivity contribution in [1.29, 1.82) is 0 Å². The molecule has 27 heavy (non-hydrogen) atoms. The van der Waals surface area contributed by atoms with Crippen molar-refractivity contribution in [3.63, 3.8) is 0 Å². The molecule has 2 saturated heterocycles. The molecule has 1 aromatic heterocycles. The first-order valence-electron chi connectivity index (χ1n) is 9.17. The van der Waals surface area contributed by atoms with Crippen LogP contribution in [0.5, 0.6) is 5.75 Å². The van der Waals surface area contributed by atoms with Crippen LogP contribution in [0.15, 0.2) is 36.8 Å². The van der Waals surface area contributed by atoms with E-state index in [0.717, 1.165) is 30.1 Å². The fourth-order valence-electron chi connectivity index (χ4n) is 4.51. The maximum atomic E-state index is 13.0. The molecule has 0 spiro atoms. The van der Waals surface area contributed by atoms with Gasteiger partial charge in [0.05, 0.1) is 13.2 Å². The number of anilines is 1. The summed E-state index contributed by atoms with van der Waals surface area (Å²) < 4.78 is 6.69. The largest absolute Gasteiger partial charge is 0.497 e. The summed E-state index contributed by atoms with van der Waals surface area (Å²) in [5.41, 5.74) is 1.94. The minimum Gasteiger partial charge on any atom is -0.497 e. The first-order chi connectivity index (χ1) is 13.1. The Kier molecular flexibility index (Phi) is 3.60. The number of benzene rings is 1. The van der Waals surface area contributed by atoms with E-state index in [1.807, 2.05) is 17.0 Å². The summed E-state index contributed by atoms with van der Waals surface area (Å²) in [5.74, 6) is 0.852. The normalized spacial score (nSPS) is 26.1. The van der Waals surface area contributed by atoms with Crippen molar-refractivity contribution >= 4 is 17.6 Å². The molecule has 4 heterocycles. The lowest BCUT2D eigenvalue weighted by molar-refractivity contribution is -0.134. The van der Waals surface area contributed by atoms with Gasteiger partial charge in [-0.3, -0.25) is 9.36 Å². The number of aromatic nitrogens is 2. The molecule has 2 amide bonds. The first-order valence-corrected chi connectivity index (χ1v) is 9.17. The predicted molar refractivity (Wildman–Crippen MR) is 97.9 cm³/mol. The highest BCUT2D eigenvalue weighted by Crippen LogP contribution is 2.35. The van der Waals surface area contributed by atoms with Crippen LogP contribution in [0.25, 0.3) is 0 Å². The average Bonchev–Trinajstić information content (AvgIpc) is 3.42. The second kappa shape index (κ2) is 6.00. The number of carbonyl (C=O) groups is 2. The van der Waals surface area contributed by atoms with Crippen molar-refractivity contribution in [2.75, 3.05) is 25.1 Å². The maximum absolute atomic E-state index is 13.0. The van der Waals surface area contributed by atoms with Crippen LogP contribution in [0.4, 0.5) is 10.5 Å². The Balaban J connectivity index is 1.28. The van der Waals surface area contributed by atoms with Crippen LogP contribution in [-0.2, 0) is 11.2 Å². The molecule has 0 unspecified atom stereocenters. The molecule has 3 aliphatic heterocycles. The van der Waals surface area contributed by atoms with Gasteiger partial charge in [-0.1, -0.05) is 0 Å². The Morgan fingerprint density at radius 1 is 1.22 bits per heavy atom. The highest BCUT2D eigenvalue weighted by molar-refractivity contribution is 5.90. The predicted octanol–water partition coefficient (Wildman–Crippen LogP) is 0.864. The van der Waals surface area contributed by atoms with Crippen LogP contribution in [0.3, 0.4) is 0 Å². The van der Waals surface area contributed by atoms with Crippen LogP contribution in [0.1, 0.15) is 12.1 Å². The highest BCUT2D eigenvalue weighted by Gasteiger charge is 2.47. The zero-order chi connectivity index (χ0) is 18.5. The lowest BCUT2D eigenvalue weighted by Gasteiger charge is -2.37. The van der Waals surface area contributed by atoms with Crippen molar-refractivity contribution in [3.8, 4) is 5.75 Å². The number of fused-ring (bicyclic) bond motifs is 3. The van der Waals surface area contributed by atoms with Gasteiger partial charge < -0.3 is 19.9 Å². The van der Waals surface area contributed by atoms with Gasteiger partial charge in [0.25, 0.3) is 0 Å².